The van der Waals surface area contributed by atoms with Gasteiger partial charge in [0.2, 0.25) is 0 Å². The van der Waals surface area contributed by atoms with Gasteiger partial charge in [-0.2, -0.15) is 0 Å². The van der Waals surface area contributed by atoms with Crippen LogP contribution in [0.1, 0.15) is 19.4 Å². The Morgan fingerprint density at radius 1 is 1.29 bits per heavy atom. The molecule has 0 aliphatic heterocycles. The van der Waals surface area contributed by atoms with Crippen LogP contribution in [-0.2, 0) is 17.2 Å². The zero-order valence-electron chi connectivity index (χ0n) is 10.6. The maximum Gasteiger partial charge on any atom is 0.0441 e. The third-order valence-electron chi connectivity index (χ3n) is 2.78. The molecule has 1 rings (SSSR count). The Hall–Kier alpha value is -0.380. The molecule has 0 aliphatic rings. The summed E-state index contributed by atoms with van der Waals surface area (Å²) in [6, 6.07) is 8.28. The van der Waals surface area contributed by atoms with Crippen LogP contribution in [0.3, 0.4) is 0 Å². The van der Waals surface area contributed by atoms with Crippen LogP contribution in [0.15, 0.2) is 24.3 Å². The van der Waals surface area contributed by atoms with Gasteiger partial charge in [-0.25, -0.2) is 0 Å². The van der Waals surface area contributed by atoms with Gasteiger partial charge in [0.05, 0.1) is 0 Å². The topological polar surface area (TPSA) is 29.1 Å². The minimum absolute atomic E-state index is 0.197. The Morgan fingerprint density at radius 3 is 2.41 bits per heavy atom. The Bertz CT molecular complexity index is 366. The monoisotopic (exact) mass is 273 g/mol. The van der Waals surface area contributed by atoms with Crippen molar-refractivity contribution in [2.75, 3.05) is 12.8 Å². The van der Waals surface area contributed by atoms with Crippen LogP contribution in [0.25, 0.3) is 0 Å². The smallest absolute Gasteiger partial charge is 0.0441 e. The fraction of sp³-hybridized carbons (Fsp3) is 0.538. The SMILES string of the molecule is CC(Cc1ccc(Cl)cc1)NCC(C)S(C)=O. The van der Waals surface area contributed by atoms with E-state index in [2.05, 4.69) is 12.2 Å². The minimum atomic E-state index is -0.756. The molecule has 0 aromatic heterocycles. The Labute approximate surface area is 111 Å². The van der Waals surface area contributed by atoms with E-state index < -0.39 is 10.8 Å². The molecule has 0 fully saturated rings. The van der Waals surface area contributed by atoms with Crippen molar-refractivity contribution in [2.24, 2.45) is 0 Å². The Kier molecular flexibility index (Phi) is 6.17. The second-order valence-corrected chi connectivity index (χ2v) is 6.69. The summed E-state index contributed by atoms with van der Waals surface area (Å²) in [6.07, 6.45) is 2.70. The molecule has 3 unspecified atom stereocenters. The zero-order valence-corrected chi connectivity index (χ0v) is 12.1. The van der Waals surface area contributed by atoms with Crippen molar-refractivity contribution >= 4 is 22.4 Å². The molecule has 1 aromatic carbocycles. The molecule has 0 heterocycles. The first kappa shape index (κ1) is 14.7. The fourth-order valence-electron chi connectivity index (χ4n) is 1.53. The third kappa shape index (κ3) is 5.66. The molecule has 0 saturated heterocycles. The van der Waals surface area contributed by atoms with E-state index in [9.17, 15) is 4.21 Å². The first-order chi connectivity index (χ1) is 7.99. The molecule has 96 valence electrons. The van der Waals surface area contributed by atoms with Crippen LogP contribution in [-0.4, -0.2) is 28.3 Å². The van der Waals surface area contributed by atoms with Gasteiger partial charge in [-0.15, -0.1) is 0 Å². The van der Waals surface area contributed by atoms with Crippen molar-refractivity contribution in [3.05, 3.63) is 34.9 Å². The number of nitrogens with one attached hydrogen (secondary N) is 1. The standard InChI is InChI=1S/C13H20ClNOS/c1-10(15-9-11(2)17(3)16)8-12-4-6-13(14)7-5-12/h4-7,10-11,15H,8-9H2,1-3H3. The first-order valence-electron chi connectivity index (χ1n) is 5.79. The van der Waals surface area contributed by atoms with Gasteiger partial charge in [-0.05, 0) is 38.0 Å². The van der Waals surface area contributed by atoms with Crippen LogP contribution in [0.5, 0.6) is 0 Å². The van der Waals surface area contributed by atoms with E-state index in [1.165, 1.54) is 5.56 Å². The predicted molar refractivity (Wildman–Crippen MR) is 76.1 cm³/mol. The zero-order chi connectivity index (χ0) is 12.8. The van der Waals surface area contributed by atoms with Crippen molar-refractivity contribution in [2.45, 2.75) is 31.6 Å². The first-order valence-corrected chi connectivity index (χ1v) is 7.79. The fourth-order valence-corrected chi connectivity index (χ4v) is 1.99. The lowest BCUT2D eigenvalue weighted by Crippen LogP contribution is -2.35. The number of hydrogen-bond donors (Lipinski definition) is 1. The quantitative estimate of drug-likeness (QED) is 0.863. The van der Waals surface area contributed by atoms with Crippen LogP contribution >= 0.6 is 11.6 Å². The maximum absolute atomic E-state index is 11.2. The van der Waals surface area contributed by atoms with Gasteiger partial charge < -0.3 is 5.32 Å². The van der Waals surface area contributed by atoms with Crippen molar-refractivity contribution in [3.8, 4) is 0 Å². The van der Waals surface area contributed by atoms with Crippen molar-refractivity contribution in [1.82, 2.24) is 5.32 Å². The summed E-state index contributed by atoms with van der Waals surface area (Å²) >= 11 is 5.84. The maximum atomic E-state index is 11.2. The van der Waals surface area contributed by atoms with Crippen molar-refractivity contribution in [3.63, 3.8) is 0 Å². The number of halogens is 1. The van der Waals surface area contributed by atoms with Gasteiger partial charge in [-0.1, -0.05) is 23.7 Å². The van der Waals surface area contributed by atoms with E-state index in [4.69, 9.17) is 11.6 Å². The number of rotatable bonds is 6. The van der Waals surface area contributed by atoms with E-state index >= 15 is 0 Å². The summed E-state index contributed by atoms with van der Waals surface area (Å²) in [5.74, 6) is 0. The van der Waals surface area contributed by atoms with Crippen molar-refractivity contribution in [1.29, 1.82) is 0 Å². The Balaban J connectivity index is 2.36. The minimum Gasteiger partial charge on any atom is -0.313 e. The van der Waals surface area contributed by atoms with Crippen LogP contribution < -0.4 is 5.32 Å². The molecule has 17 heavy (non-hydrogen) atoms. The van der Waals surface area contributed by atoms with Gasteiger partial charge in [0.15, 0.2) is 0 Å². The largest absolute Gasteiger partial charge is 0.313 e. The molecule has 0 aliphatic carbocycles. The summed E-state index contributed by atoms with van der Waals surface area (Å²) in [7, 11) is -0.756. The molecule has 3 atom stereocenters. The highest BCUT2D eigenvalue weighted by Gasteiger charge is 2.08. The van der Waals surface area contributed by atoms with E-state index in [0.717, 1.165) is 18.0 Å². The summed E-state index contributed by atoms with van der Waals surface area (Å²) in [6.45, 7) is 4.93. The highest BCUT2D eigenvalue weighted by Crippen LogP contribution is 2.11. The molecule has 1 N–H and O–H groups in total. The Morgan fingerprint density at radius 2 is 1.88 bits per heavy atom. The van der Waals surface area contributed by atoms with E-state index in [0.29, 0.717) is 6.04 Å². The van der Waals surface area contributed by atoms with E-state index in [1.54, 1.807) is 6.26 Å². The average Bonchev–Trinajstić information content (AvgIpc) is 2.29. The lowest BCUT2D eigenvalue weighted by atomic mass is 10.1. The molecule has 0 amide bonds. The van der Waals surface area contributed by atoms with Crippen LogP contribution in [0, 0.1) is 0 Å². The van der Waals surface area contributed by atoms with Gasteiger partial charge in [0.25, 0.3) is 0 Å². The van der Waals surface area contributed by atoms with Gasteiger partial charge in [0.1, 0.15) is 0 Å². The van der Waals surface area contributed by atoms with Crippen LogP contribution in [0.2, 0.25) is 5.02 Å². The summed E-state index contributed by atoms with van der Waals surface area (Å²) in [5, 5.41) is 4.37. The van der Waals surface area contributed by atoms with Gasteiger partial charge in [-0.3, -0.25) is 4.21 Å². The summed E-state index contributed by atoms with van der Waals surface area (Å²) in [5.41, 5.74) is 1.26. The molecule has 0 radical (unpaired) electrons. The molecule has 4 heteroatoms. The average molecular weight is 274 g/mol. The van der Waals surface area contributed by atoms with Gasteiger partial charge >= 0.3 is 0 Å². The highest BCUT2D eigenvalue weighted by atomic mass is 35.5. The third-order valence-corrected chi connectivity index (χ3v) is 4.33. The molecular weight excluding hydrogens is 254 g/mol. The molecule has 0 bridgehead atoms. The number of benzene rings is 1. The molecule has 1 aromatic rings. The molecule has 0 saturated carbocycles. The van der Waals surface area contributed by atoms with Gasteiger partial charge in [0, 0.05) is 39.9 Å². The van der Waals surface area contributed by atoms with Crippen LogP contribution in [0.4, 0.5) is 0 Å². The second-order valence-electron chi connectivity index (χ2n) is 4.45. The lowest BCUT2D eigenvalue weighted by Gasteiger charge is -2.16. The van der Waals surface area contributed by atoms with E-state index in [1.807, 2.05) is 31.2 Å². The second kappa shape index (κ2) is 7.14. The highest BCUT2D eigenvalue weighted by molar-refractivity contribution is 7.84. The van der Waals surface area contributed by atoms with E-state index in [-0.39, 0.29) is 5.25 Å². The normalized spacial score (nSPS) is 16.5. The predicted octanol–water partition coefficient (Wildman–Crippen LogP) is 2.63. The summed E-state index contributed by atoms with van der Waals surface area (Å²) < 4.78 is 11.2. The molecule has 0 spiro atoms. The molecular formula is C13H20ClNOS. The molecule has 2 nitrogen and oxygen atoms in total. The lowest BCUT2D eigenvalue weighted by molar-refractivity contribution is 0.543. The number of hydrogen-bond acceptors (Lipinski definition) is 2. The van der Waals surface area contributed by atoms with Crippen molar-refractivity contribution < 1.29 is 4.21 Å². The summed E-state index contributed by atoms with van der Waals surface area (Å²) in [4.78, 5) is 0.